The molecule has 0 amide bonds. The fourth-order valence-corrected chi connectivity index (χ4v) is 12.5. The summed E-state index contributed by atoms with van der Waals surface area (Å²) in [4.78, 5) is 72.7. The molecular formula is C73H142O17P2. The number of phosphoric ester groups is 2. The second kappa shape index (κ2) is 62.6. The quantitative estimate of drug-likeness (QED) is 0.0222. The van der Waals surface area contributed by atoms with E-state index >= 15 is 0 Å². The van der Waals surface area contributed by atoms with Gasteiger partial charge in [-0.25, -0.2) is 9.13 Å². The molecule has 0 aromatic rings. The minimum absolute atomic E-state index is 0.103. The molecule has 0 aromatic heterocycles. The van der Waals surface area contributed by atoms with E-state index in [0.29, 0.717) is 25.7 Å². The molecule has 0 aliphatic carbocycles. The van der Waals surface area contributed by atoms with E-state index in [-0.39, 0.29) is 25.7 Å². The first kappa shape index (κ1) is 90.1. The Hall–Kier alpha value is -1.94. The number of carbonyl (C=O) groups excluding carboxylic acids is 4. The summed E-state index contributed by atoms with van der Waals surface area (Å²) in [5.41, 5.74) is 0. The van der Waals surface area contributed by atoms with Crippen molar-refractivity contribution < 1.29 is 80.2 Å². The van der Waals surface area contributed by atoms with Crippen molar-refractivity contribution in [3.8, 4) is 0 Å². The van der Waals surface area contributed by atoms with Gasteiger partial charge in [-0.05, 0) is 49.4 Å². The Kier molecular flexibility index (Phi) is 61.3. The molecule has 7 atom stereocenters. The maximum absolute atomic E-state index is 13.1. The molecule has 0 rings (SSSR count). The summed E-state index contributed by atoms with van der Waals surface area (Å²) in [6, 6.07) is 0. The van der Waals surface area contributed by atoms with Gasteiger partial charge in [0.15, 0.2) is 12.2 Å². The summed E-state index contributed by atoms with van der Waals surface area (Å²) >= 11 is 0. The molecule has 4 unspecified atom stereocenters. The van der Waals surface area contributed by atoms with Gasteiger partial charge < -0.3 is 33.8 Å². The third-order valence-electron chi connectivity index (χ3n) is 17.5. The average molecular weight is 1350 g/mol. The molecule has 0 aliphatic rings. The maximum Gasteiger partial charge on any atom is 0.472 e. The van der Waals surface area contributed by atoms with E-state index in [4.69, 9.17) is 37.0 Å². The van der Waals surface area contributed by atoms with E-state index in [1.807, 2.05) is 0 Å². The molecule has 19 heteroatoms. The summed E-state index contributed by atoms with van der Waals surface area (Å²) in [6.07, 6.45) is 45.8. The summed E-state index contributed by atoms with van der Waals surface area (Å²) in [5, 5.41) is 10.6. The molecule has 3 N–H and O–H groups in total. The lowest BCUT2D eigenvalue weighted by Gasteiger charge is -2.21. The minimum Gasteiger partial charge on any atom is -0.462 e. The van der Waals surface area contributed by atoms with E-state index in [2.05, 4.69) is 55.4 Å². The van der Waals surface area contributed by atoms with Gasteiger partial charge in [-0.2, -0.15) is 0 Å². The molecule has 0 heterocycles. The van der Waals surface area contributed by atoms with Crippen LogP contribution in [0.5, 0.6) is 0 Å². The summed E-state index contributed by atoms with van der Waals surface area (Å²) in [6.45, 7) is 14.1. The zero-order chi connectivity index (χ0) is 68.2. The highest BCUT2D eigenvalue weighted by atomic mass is 31.2. The average Bonchev–Trinajstić information content (AvgIpc) is 2.94. The molecule has 0 saturated heterocycles. The first-order valence-electron chi connectivity index (χ1n) is 37.8. The van der Waals surface area contributed by atoms with Crippen LogP contribution in [0.1, 0.15) is 364 Å². The van der Waals surface area contributed by atoms with Gasteiger partial charge in [0.1, 0.15) is 19.3 Å². The van der Waals surface area contributed by atoms with Crippen LogP contribution in [-0.4, -0.2) is 96.7 Å². The Bertz CT molecular complexity index is 1820. The Morgan fingerprint density at radius 1 is 0.304 bits per heavy atom. The van der Waals surface area contributed by atoms with Crippen molar-refractivity contribution in [3.63, 3.8) is 0 Å². The van der Waals surface area contributed by atoms with Crippen molar-refractivity contribution in [1.82, 2.24) is 0 Å². The smallest absolute Gasteiger partial charge is 0.462 e. The van der Waals surface area contributed by atoms with Gasteiger partial charge in [-0.15, -0.1) is 0 Å². The number of aliphatic hydroxyl groups is 1. The number of rotatable bonds is 70. The number of hydrogen-bond donors (Lipinski definition) is 3. The van der Waals surface area contributed by atoms with Crippen LogP contribution in [0.2, 0.25) is 0 Å². The Labute approximate surface area is 562 Å². The minimum atomic E-state index is -4.96. The third-order valence-corrected chi connectivity index (χ3v) is 19.4. The third kappa shape index (κ3) is 64.1. The zero-order valence-electron chi connectivity index (χ0n) is 60.2. The molecule has 546 valence electrons. The van der Waals surface area contributed by atoms with Gasteiger partial charge in [0.25, 0.3) is 0 Å². The van der Waals surface area contributed by atoms with Crippen molar-refractivity contribution in [1.29, 1.82) is 0 Å². The van der Waals surface area contributed by atoms with Gasteiger partial charge in [0.05, 0.1) is 26.4 Å². The Morgan fingerprint density at radius 3 is 0.772 bits per heavy atom. The van der Waals surface area contributed by atoms with E-state index in [1.165, 1.54) is 161 Å². The highest BCUT2D eigenvalue weighted by Gasteiger charge is 2.30. The molecule has 0 radical (unpaired) electrons. The maximum atomic E-state index is 13.1. The fourth-order valence-electron chi connectivity index (χ4n) is 11.0. The lowest BCUT2D eigenvalue weighted by atomic mass is 9.99. The normalized spacial score (nSPS) is 14.8. The number of phosphoric acid groups is 2. The zero-order valence-corrected chi connectivity index (χ0v) is 62.0. The fraction of sp³-hybridized carbons (Fsp3) is 0.945. The molecule has 0 aliphatic heterocycles. The highest BCUT2D eigenvalue weighted by Crippen LogP contribution is 2.45. The van der Waals surface area contributed by atoms with Crippen LogP contribution >= 0.6 is 15.6 Å². The number of carbonyl (C=O) groups is 4. The molecule has 92 heavy (non-hydrogen) atoms. The van der Waals surface area contributed by atoms with Gasteiger partial charge in [0, 0.05) is 25.7 Å². The van der Waals surface area contributed by atoms with Crippen molar-refractivity contribution in [2.24, 2.45) is 23.7 Å². The van der Waals surface area contributed by atoms with E-state index in [9.17, 15) is 43.2 Å². The predicted molar refractivity (Wildman–Crippen MR) is 372 cm³/mol. The molecular weight excluding hydrogens is 1210 g/mol. The van der Waals surface area contributed by atoms with Crippen LogP contribution < -0.4 is 0 Å². The summed E-state index contributed by atoms with van der Waals surface area (Å²) in [7, 11) is -9.91. The Morgan fingerprint density at radius 2 is 0.522 bits per heavy atom. The summed E-state index contributed by atoms with van der Waals surface area (Å²) < 4.78 is 68.4. The van der Waals surface area contributed by atoms with Crippen LogP contribution in [0.15, 0.2) is 0 Å². The van der Waals surface area contributed by atoms with Crippen molar-refractivity contribution >= 4 is 39.5 Å². The van der Waals surface area contributed by atoms with Crippen LogP contribution in [0.25, 0.3) is 0 Å². The van der Waals surface area contributed by atoms with Crippen molar-refractivity contribution in [2.45, 2.75) is 382 Å². The van der Waals surface area contributed by atoms with Gasteiger partial charge in [-0.1, -0.05) is 312 Å². The van der Waals surface area contributed by atoms with Crippen molar-refractivity contribution in [3.05, 3.63) is 0 Å². The largest absolute Gasteiger partial charge is 0.472 e. The number of hydrogen-bond acceptors (Lipinski definition) is 15. The number of unbranched alkanes of at least 4 members (excludes halogenated alkanes) is 34. The van der Waals surface area contributed by atoms with Gasteiger partial charge in [0.2, 0.25) is 0 Å². The van der Waals surface area contributed by atoms with Gasteiger partial charge in [-0.3, -0.25) is 37.3 Å². The Balaban J connectivity index is 5.25. The second-order valence-corrected chi connectivity index (χ2v) is 30.7. The van der Waals surface area contributed by atoms with E-state index in [1.54, 1.807) is 0 Å². The first-order chi connectivity index (χ1) is 44.2. The second-order valence-electron chi connectivity index (χ2n) is 27.8. The van der Waals surface area contributed by atoms with E-state index < -0.39 is 97.5 Å². The van der Waals surface area contributed by atoms with Crippen molar-refractivity contribution in [2.75, 3.05) is 39.6 Å². The monoisotopic (exact) mass is 1350 g/mol. The standard InChI is InChI=1S/C73H142O17P2/c1-9-65(7)51-43-35-27-20-15-13-11-12-14-16-22-29-39-47-55-72(77)89-68(59-83-70(75)53-45-37-28-21-18-17-19-25-33-41-49-63(3)4)61-87-91(79,80)85-57-67(74)58-86-92(81,82)88-62-69(60-84-71(76)54-46-38-32-31-36-44-52-66(8)10-2)90-73(78)56-48-40-30-24-23-26-34-42-50-64(5)6/h63-69,74H,9-62H2,1-8H3,(H,79,80)(H,81,82)/t65?,66?,67-,68-,69-/m1/s1. The molecule has 0 spiro atoms. The number of aliphatic hydroxyl groups excluding tert-OH is 1. The topological polar surface area (TPSA) is 237 Å². The molecule has 0 aromatic carbocycles. The SMILES string of the molecule is CCC(C)CCCCCCCCCCCCCCCCC(=O)O[C@H](COC(=O)CCCCCCCCCCCCC(C)C)COP(=O)(O)OC[C@@H](O)COP(=O)(O)OC[C@@H](COC(=O)CCCCCCCCC(C)CC)OC(=O)CCCCCCCCCCC(C)C. The molecule has 0 bridgehead atoms. The number of esters is 4. The van der Waals surface area contributed by atoms with Crippen LogP contribution in [0.3, 0.4) is 0 Å². The van der Waals surface area contributed by atoms with Crippen LogP contribution in [0, 0.1) is 23.7 Å². The number of ether oxygens (including phenoxy) is 4. The summed E-state index contributed by atoms with van der Waals surface area (Å²) in [5.74, 6) is 0.926. The highest BCUT2D eigenvalue weighted by molar-refractivity contribution is 7.47. The van der Waals surface area contributed by atoms with Gasteiger partial charge >= 0.3 is 39.5 Å². The van der Waals surface area contributed by atoms with E-state index in [0.717, 1.165) is 120 Å². The first-order valence-corrected chi connectivity index (χ1v) is 40.8. The lowest BCUT2D eigenvalue weighted by Crippen LogP contribution is -2.30. The molecule has 0 fully saturated rings. The van der Waals surface area contributed by atoms with Crippen LogP contribution in [0.4, 0.5) is 0 Å². The predicted octanol–water partition coefficient (Wildman–Crippen LogP) is 20.9. The molecule has 17 nitrogen and oxygen atoms in total. The van der Waals surface area contributed by atoms with Crippen LogP contribution in [-0.2, 0) is 65.4 Å². The molecule has 0 saturated carbocycles. The lowest BCUT2D eigenvalue weighted by molar-refractivity contribution is -0.161.